The zero-order chi connectivity index (χ0) is 16.3. The van der Waals surface area contributed by atoms with Crippen molar-refractivity contribution in [1.29, 1.82) is 0 Å². The molecule has 2 atom stereocenters. The minimum absolute atomic E-state index is 0. The fourth-order valence-electron chi connectivity index (χ4n) is 3.80. The first-order chi connectivity index (χ1) is 10.3. The van der Waals surface area contributed by atoms with Gasteiger partial charge in [-0.05, 0) is 31.6 Å². The summed E-state index contributed by atoms with van der Waals surface area (Å²) in [5, 5.41) is -1.24. The second-order valence-electron chi connectivity index (χ2n) is 7.20. The second kappa shape index (κ2) is 8.67. The van der Waals surface area contributed by atoms with E-state index in [4.69, 9.17) is 5.73 Å². The van der Waals surface area contributed by atoms with Crippen LogP contribution in [0.2, 0.25) is 0 Å². The summed E-state index contributed by atoms with van der Waals surface area (Å²) < 4.78 is 26.0. The Morgan fingerprint density at radius 3 is 2.22 bits per heavy atom. The van der Waals surface area contributed by atoms with Gasteiger partial charge in [-0.25, -0.2) is 8.42 Å². The van der Waals surface area contributed by atoms with Crippen molar-refractivity contribution in [3.8, 4) is 0 Å². The van der Waals surface area contributed by atoms with Crippen molar-refractivity contribution >= 4 is 28.2 Å². The fourth-order valence-corrected chi connectivity index (χ4v) is 6.39. The molecular weight excluding hydrogens is 336 g/mol. The number of sulfone groups is 1. The Balaban J connectivity index is 0.00000264. The van der Waals surface area contributed by atoms with Gasteiger partial charge in [0.2, 0.25) is 5.91 Å². The molecule has 2 unspecified atom stereocenters. The maximum absolute atomic E-state index is 13.0. The second-order valence-corrected chi connectivity index (χ2v) is 9.55. The van der Waals surface area contributed by atoms with E-state index in [2.05, 4.69) is 0 Å². The van der Waals surface area contributed by atoms with Gasteiger partial charge in [0.1, 0.15) is 5.25 Å². The molecule has 7 heteroatoms. The summed E-state index contributed by atoms with van der Waals surface area (Å²) in [5.74, 6) is -0.423. The molecule has 2 aliphatic rings. The van der Waals surface area contributed by atoms with Gasteiger partial charge in [0.25, 0.3) is 0 Å². The number of hydrogen-bond acceptors (Lipinski definition) is 4. The van der Waals surface area contributed by atoms with Crippen molar-refractivity contribution in [2.45, 2.75) is 75.3 Å². The first-order valence-electron chi connectivity index (χ1n) is 8.61. The smallest absolute Gasteiger partial charge is 0.241 e. The summed E-state index contributed by atoms with van der Waals surface area (Å²) in [6.45, 7) is 4.80. The normalized spacial score (nSPS) is 25.0. The molecule has 5 nitrogen and oxygen atoms in total. The molecule has 23 heavy (non-hydrogen) atoms. The molecule has 2 fully saturated rings. The lowest BCUT2D eigenvalue weighted by Crippen LogP contribution is -2.53. The van der Waals surface area contributed by atoms with Crippen LogP contribution in [0.4, 0.5) is 0 Å². The Morgan fingerprint density at radius 2 is 1.70 bits per heavy atom. The predicted octanol–water partition coefficient (Wildman–Crippen LogP) is 2.13. The molecule has 2 rings (SSSR count). The SMILES string of the molecule is CC(C)C(C(=O)N1CCCC(N)C1)S(=O)(=O)C1CCCCC1.Cl. The van der Waals surface area contributed by atoms with E-state index in [9.17, 15) is 13.2 Å². The fraction of sp³-hybridized carbons (Fsp3) is 0.938. The van der Waals surface area contributed by atoms with E-state index < -0.39 is 15.1 Å². The average Bonchev–Trinajstić information content (AvgIpc) is 2.47. The van der Waals surface area contributed by atoms with Crippen molar-refractivity contribution in [3.63, 3.8) is 0 Å². The molecule has 0 aromatic rings. The van der Waals surface area contributed by atoms with Crippen LogP contribution in [0.25, 0.3) is 0 Å². The Hall–Kier alpha value is -0.330. The summed E-state index contributed by atoms with van der Waals surface area (Å²) in [5.41, 5.74) is 5.95. The van der Waals surface area contributed by atoms with Gasteiger partial charge >= 0.3 is 0 Å². The summed E-state index contributed by atoms with van der Waals surface area (Å²) in [4.78, 5) is 14.5. The molecule has 0 spiro atoms. The number of piperidine rings is 1. The van der Waals surface area contributed by atoms with E-state index in [1.54, 1.807) is 4.90 Å². The van der Waals surface area contributed by atoms with Gasteiger partial charge in [-0.2, -0.15) is 0 Å². The van der Waals surface area contributed by atoms with Gasteiger partial charge in [-0.1, -0.05) is 33.1 Å². The summed E-state index contributed by atoms with van der Waals surface area (Å²) >= 11 is 0. The molecule has 1 saturated carbocycles. The van der Waals surface area contributed by atoms with Crippen LogP contribution in [0.5, 0.6) is 0 Å². The molecule has 0 aromatic carbocycles. The van der Waals surface area contributed by atoms with E-state index in [0.29, 0.717) is 25.9 Å². The monoisotopic (exact) mass is 366 g/mol. The third-order valence-corrected chi connectivity index (χ3v) is 7.84. The number of likely N-dealkylation sites (tertiary alicyclic amines) is 1. The Kier molecular flexibility index (Phi) is 7.81. The summed E-state index contributed by atoms with van der Waals surface area (Å²) in [6, 6.07) is -0.0251. The Labute approximate surface area is 146 Å². The van der Waals surface area contributed by atoms with Crippen LogP contribution in [-0.2, 0) is 14.6 Å². The molecule has 0 radical (unpaired) electrons. The molecule has 1 saturated heterocycles. The van der Waals surface area contributed by atoms with E-state index in [0.717, 1.165) is 32.1 Å². The third-order valence-electron chi connectivity index (χ3n) is 4.99. The van der Waals surface area contributed by atoms with Crippen molar-refractivity contribution in [2.24, 2.45) is 11.7 Å². The van der Waals surface area contributed by atoms with Gasteiger partial charge < -0.3 is 10.6 Å². The van der Waals surface area contributed by atoms with Gasteiger partial charge in [-0.15, -0.1) is 12.4 Å². The lowest BCUT2D eigenvalue weighted by molar-refractivity contribution is -0.132. The van der Waals surface area contributed by atoms with E-state index in [1.807, 2.05) is 13.8 Å². The average molecular weight is 367 g/mol. The van der Waals surface area contributed by atoms with E-state index in [1.165, 1.54) is 0 Å². The van der Waals surface area contributed by atoms with Crippen LogP contribution in [-0.4, -0.2) is 48.9 Å². The molecule has 136 valence electrons. The molecular formula is C16H31ClN2O3S. The van der Waals surface area contributed by atoms with Gasteiger partial charge in [0.05, 0.1) is 5.25 Å². The predicted molar refractivity (Wildman–Crippen MR) is 95.5 cm³/mol. The van der Waals surface area contributed by atoms with Crippen molar-refractivity contribution in [3.05, 3.63) is 0 Å². The summed E-state index contributed by atoms with van der Waals surface area (Å²) in [6.07, 6.45) is 6.20. The largest absolute Gasteiger partial charge is 0.340 e. The molecule has 1 heterocycles. The number of hydrogen-bond donors (Lipinski definition) is 1. The van der Waals surface area contributed by atoms with E-state index in [-0.39, 0.29) is 35.5 Å². The highest BCUT2D eigenvalue weighted by Gasteiger charge is 2.43. The van der Waals surface area contributed by atoms with Crippen LogP contribution < -0.4 is 5.73 Å². The highest BCUT2D eigenvalue weighted by atomic mass is 35.5. The zero-order valence-corrected chi connectivity index (χ0v) is 15.9. The van der Waals surface area contributed by atoms with Crippen LogP contribution in [0.3, 0.4) is 0 Å². The van der Waals surface area contributed by atoms with Crippen molar-refractivity contribution in [2.75, 3.05) is 13.1 Å². The summed E-state index contributed by atoms with van der Waals surface area (Å²) in [7, 11) is -3.42. The van der Waals surface area contributed by atoms with Crippen LogP contribution in [0, 0.1) is 5.92 Å². The number of nitrogens with zero attached hydrogens (tertiary/aromatic N) is 1. The number of nitrogens with two attached hydrogens (primary N) is 1. The number of carbonyl (C=O) groups is 1. The van der Waals surface area contributed by atoms with Crippen LogP contribution in [0.15, 0.2) is 0 Å². The van der Waals surface area contributed by atoms with Crippen molar-refractivity contribution < 1.29 is 13.2 Å². The first kappa shape index (κ1) is 20.7. The maximum Gasteiger partial charge on any atom is 0.241 e. The molecule has 1 aliphatic carbocycles. The van der Waals surface area contributed by atoms with E-state index >= 15 is 0 Å². The van der Waals surface area contributed by atoms with Gasteiger partial charge in [-0.3, -0.25) is 4.79 Å². The zero-order valence-electron chi connectivity index (χ0n) is 14.2. The Morgan fingerprint density at radius 1 is 1.09 bits per heavy atom. The van der Waals surface area contributed by atoms with Crippen LogP contribution >= 0.6 is 12.4 Å². The third kappa shape index (κ3) is 4.83. The molecule has 0 bridgehead atoms. The quantitative estimate of drug-likeness (QED) is 0.826. The Bertz CT molecular complexity index is 490. The minimum atomic E-state index is -3.42. The lowest BCUT2D eigenvalue weighted by atomic mass is 10.0. The number of carbonyl (C=O) groups excluding carboxylic acids is 1. The highest BCUT2D eigenvalue weighted by Crippen LogP contribution is 2.30. The molecule has 1 amide bonds. The number of halogens is 1. The maximum atomic E-state index is 13.0. The first-order valence-corrected chi connectivity index (χ1v) is 10.2. The lowest BCUT2D eigenvalue weighted by Gasteiger charge is -2.36. The molecule has 2 N–H and O–H groups in total. The van der Waals surface area contributed by atoms with Crippen LogP contribution in [0.1, 0.15) is 58.8 Å². The topological polar surface area (TPSA) is 80.5 Å². The molecule has 0 aromatic heterocycles. The van der Waals surface area contributed by atoms with Crippen molar-refractivity contribution in [1.82, 2.24) is 4.90 Å². The number of rotatable bonds is 4. The van der Waals surface area contributed by atoms with Gasteiger partial charge in [0.15, 0.2) is 9.84 Å². The minimum Gasteiger partial charge on any atom is -0.340 e. The standard InChI is InChI=1S/C16H30N2O3S.ClH/c1-12(2)15(16(19)18-10-6-7-13(17)11-18)22(20,21)14-8-4-3-5-9-14;/h12-15H,3-11,17H2,1-2H3;1H. The number of amides is 1. The highest BCUT2D eigenvalue weighted by molar-refractivity contribution is 7.93. The molecule has 1 aliphatic heterocycles. The van der Waals surface area contributed by atoms with Gasteiger partial charge in [0, 0.05) is 19.1 Å².